The van der Waals surface area contributed by atoms with E-state index in [1.807, 2.05) is 19.9 Å². The zero-order valence-corrected chi connectivity index (χ0v) is 24.8. The van der Waals surface area contributed by atoms with E-state index >= 15 is 0 Å². The second kappa shape index (κ2) is 14.4. The van der Waals surface area contributed by atoms with Crippen LogP contribution >= 0.6 is 0 Å². The van der Waals surface area contributed by atoms with Gasteiger partial charge in [-0.3, -0.25) is 14.3 Å². The zero-order chi connectivity index (χ0) is 29.3. The Morgan fingerprint density at radius 2 is 1.80 bits per heavy atom. The van der Waals surface area contributed by atoms with Gasteiger partial charge < -0.3 is 19.2 Å². The van der Waals surface area contributed by atoms with E-state index in [4.69, 9.17) is 14.2 Å². The first-order chi connectivity index (χ1) is 19.1. The fourth-order valence-corrected chi connectivity index (χ4v) is 6.05. The third-order valence-corrected chi connectivity index (χ3v) is 8.25. The fraction of sp³-hybridized carbons (Fsp3) is 0.536. The maximum Gasteiger partial charge on any atom is 0.302 e. The average Bonchev–Trinajstić information content (AvgIpc) is 3.23. The summed E-state index contributed by atoms with van der Waals surface area (Å²) < 4.78 is 46.7. The summed E-state index contributed by atoms with van der Waals surface area (Å²) in [4.78, 5) is 27.3. The minimum Gasteiger partial charge on any atom is -0.493 e. The normalized spacial score (nSPS) is 11.8. The van der Waals surface area contributed by atoms with Gasteiger partial charge in [0.25, 0.3) is 5.56 Å². The number of pyridine rings is 1. The van der Waals surface area contributed by atoms with Crippen molar-refractivity contribution in [3.8, 4) is 17.0 Å². The van der Waals surface area contributed by atoms with E-state index < -0.39 is 16.0 Å². The zero-order valence-electron chi connectivity index (χ0n) is 24.0. The Morgan fingerprint density at radius 1 is 1.07 bits per heavy atom. The Morgan fingerprint density at radius 3 is 2.45 bits per heavy atom. The van der Waals surface area contributed by atoms with Gasteiger partial charge in [-0.25, -0.2) is 8.42 Å². The van der Waals surface area contributed by atoms with Gasteiger partial charge in [0.15, 0.2) is 0 Å². The first-order valence-corrected chi connectivity index (χ1v) is 15.1. The number of sulfonamides is 1. The number of benzene rings is 1. The lowest BCUT2D eigenvalue weighted by Gasteiger charge is -2.23. The molecule has 0 aliphatic carbocycles. The molecule has 0 fully saturated rings. The molecule has 1 aromatic carbocycles. The highest BCUT2D eigenvalue weighted by atomic mass is 32.2. The summed E-state index contributed by atoms with van der Waals surface area (Å²) in [5, 5.41) is 5.26. The highest BCUT2D eigenvalue weighted by Crippen LogP contribution is 2.34. The number of nitrogens with one attached hydrogen (secondary N) is 1. The number of aromatic amines is 1. The van der Waals surface area contributed by atoms with Gasteiger partial charge in [-0.15, -0.1) is 0 Å². The first kappa shape index (κ1) is 31.3. The number of fused-ring (bicyclic) bond motifs is 1. The van der Waals surface area contributed by atoms with Crippen molar-refractivity contribution < 1.29 is 27.4 Å². The van der Waals surface area contributed by atoms with E-state index in [-0.39, 0.29) is 30.2 Å². The largest absolute Gasteiger partial charge is 0.493 e. The summed E-state index contributed by atoms with van der Waals surface area (Å²) in [7, 11) is -0.645. The molecule has 2 aromatic heterocycles. The second-order valence-electron chi connectivity index (χ2n) is 9.55. The van der Waals surface area contributed by atoms with Crippen molar-refractivity contribution in [2.75, 3.05) is 40.0 Å². The van der Waals surface area contributed by atoms with E-state index in [2.05, 4.69) is 10.1 Å². The molecule has 0 aliphatic heterocycles. The molecule has 0 spiro atoms. The number of H-pyrrole nitrogens is 1. The second-order valence-corrected chi connectivity index (χ2v) is 11.5. The van der Waals surface area contributed by atoms with Gasteiger partial charge in [-0.05, 0) is 49.9 Å². The van der Waals surface area contributed by atoms with Gasteiger partial charge >= 0.3 is 5.97 Å². The molecule has 3 aromatic rings. The maximum absolute atomic E-state index is 13.8. The van der Waals surface area contributed by atoms with Crippen LogP contribution in [0.3, 0.4) is 0 Å². The van der Waals surface area contributed by atoms with Crippen molar-refractivity contribution in [3.05, 3.63) is 40.3 Å². The Balaban J connectivity index is 2.09. The maximum atomic E-state index is 13.8. The summed E-state index contributed by atoms with van der Waals surface area (Å²) in [5.74, 6) is 0.0558. The van der Waals surface area contributed by atoms with Crippen molar-refractivity contribution >= 4 is 26.9 Å². The van der Waals surface area contributed by atoms with Crippen LogP contribution < -0.4 is 10.3 Å². The number of aromatic nitrogens is 3. The van der Waals surface area contributed by atoms with Crippen molar-refractivity contribution in [2.45, 2.75) is 57.8 Å². The highest BCUT2D eigenvalue weighted by Gasteiger charge is 2.26. The van der Waals surface area contributed by atoms with Gasteiger partial charge in [0.05, 0.1) is 29.5 Å². The minimum absolute atomic E-state index is 0.0668. The third-order valence-electron chi connectivity index (χ3n) is 6.35. The molecule has 0 saturated carbocycles. The van der Waals surface area contributed by atoms with E-state index in [1.165, 1.54) is 17.3 Å². The van der Waals surface area contributed by atoms with Gasteiger partial charge in [0.2, 0.25) is 10.0 Å². The number of ether oxygens (including phenoxy) is 3. The molecule has 220 valence electrons. The highest BCUT2D eigenvalue weighted by molar-refractivity contribution is 7.89. The third kappa shape index (κ3) is 7.49. The summed E-state index contributed by atoms with van der Waals surface area (Å²) in [6.45, 7) is 6.69. The number of methoxy groups -OCH3 is 1. The fourth-order valence-electron chi connectivity index (χ4n) is 4.51. The monoisotopic (exact) mass is 576 g/mol. The molecule has 0 aliphatic rings. The van der Waals surface area contributed by atoms with Crippen molar-refractivity contribution in [1.82, 2.24) is 19.1 Å². The molecule has 0 radical (unpaired) electrons. The molecule has 2 heterocycles. The number of hydrogen-bond acceptors (Lipinski definition) is 8. The van der Waals surface area contributed by atoms with E-state index in [0.29, 0.717) is 55.0 Å². The summed E-state index contributed by atoms with van der Waals surface area (Å²) >= 11 is 0. The van der Waals surface area contributed by atoms with Crippen molar-refractivity contribution in [2.24, 2.45) is 7.05 Å². The number of aryl methyl sites for hydroxylation is 2. The molecule has 3 rings (SSSR count). The number of hydrogen-bond donors (Lipinski definition) is 1. The molecule has 0 amide bonds. The van der Waals surface area contributed by atoms with Gasteiger partial charge in [0.1, 0.15) is 11.3 Å². The van der Waals surface area contributed by atoms with Crippen LogP contribution in [0.2, 0.25) is 0 Å². The number of rotatable bonds is 16. The molecular weight excluding hydrogens is 536 g/mol. The summed E-state index contributed by atoms with van der Waals surface area (Å²) in [5.41, 5.74) is 1.88. The lowest BCUT2D eigenvalue weighted by molar-refractivity contribution is -0.141. The number of carbonyl (C=O) groups excluding carboxylic acids is 1. The molecule has 40 heavy (non-hydrogen) atoms. The van der Waals surface area contributed by atoms with Crippen molar-refractivity contribution in [3.63, 3.8) is 0 Å². The smallest absolute Gasteiger partial charge is 0.302 e. The summed E-state index contributed by atoms with van der Waals surface area (Å²) in [6.07, 6.45) is 3.18. The lowest BCUT2D eigenvalue weighted by Crippen LogP contribution is -2.34. The Kier molecular flexibility index (Phi) is 11.3. The van der Waals surface area contributed by atoms with Crippen LogP contribution in [-0.2, 0) is 37.8 Å². The summed E-state index contributed by atoms with van der Waals surface area (Å²) in [6, 6.07) is 6.53. The van der Waals surface area contributed by atoms with Crippen LogP contribution in [0.4, 0.5) is 0 Å². The van der Waals surface area contributed by atoms with Crippen LogP contribution in [0.5, 0.6) is 5.75 Å². The number of esters is 1. The topological polar surface area (TPSA) is 133 Å². The van der Waals surface area contributed by atoms with E-state index in [0.717, 1.165) is 23.9 Å². The van der Waals surface area contributed by atoms with Gasteiger partial charge in [0, 0.05) is 51.7 Å². The van der Waals surface area contributed by atoms with Gasteiger partial charge in [-0.2, -0.15) is 9.40 Å². The molecule has 0 bridgehead atoms. The quantitative estimate of drug-likeness (QED) is 0.202. The van der Waals surface area contributed by atoms with Crippen LogP contribution in [0.1, 0.15) is 52.1 Å². The average molecular weight is 577 g/mol. The molecule has 0 atom stereocenters. The number of nitrogens with zero attached hydrogens (tertiary/aromatic N) is 3. The van der Waals surface area contributed by atoms with Crippen molar-refractivity contribution in [1.29, 1.82) is 0 Å². The van der Waals surface area contributed by atoms with Crippen LogP contribution in [0, 0.1) is 0 Å². The molecule has 0 unspecified atom stereocenters. The molecule has 12 heteroatoms. The Labute approximate surface area is 235 Å². The van der Waals surface area contributed by atoms with Crippen LogP contribution in [-0.4, -0.2) is 73.5 Å². The Bertz CT molecular complexity index is 1460. The van der Waals surface area contributed by atoms with Crippen LogP contribution in [0.25, 0.3) is 22.2 Å². The lowest BCUT2D eigenvalue weighted by atomic mass is 10.1. The standard InChI is InChI=1S/C28H40N4O7S/c1-6-10-24-23-19-25(29-28(34)27(23)31(4)30-24)22-18-21(11-12-26(22)39-15-7-2)40(35,36)32(13-8-16-37-5)14-9-17-38-20(3)33/h11-12,18-19H,6-10,13-17H2,1-5H3,(H,29,34). The predicted octanol–water partition coefficient (Wildman–Crippen LogP) is 3.65. The first-order valence-electron chi connectivity index (χ1n) is 13.6. The minimum atomic E-state index is -3.94. The molecule has 1 N–H and O–H groups in total. The Hall–Kier alpha value is -3.22. The molecule has 11 nitrogen and oxygen atoms in total. The SMILES string of the molecule is CCCOc1ccc(S(=O)(=O)N(CCCOC)CCCOC(C)=O)cc1-c1cc2c(CCC)nn(C)c2c(=O)[nH]1. The van der Waals surface area contributed by atoms with Gasteiger partial charge in [-0.1, -0.05) is 20.3 Å². The van der Waals surface area contributed by atoms with E-state index in [9.17, 15) is 18.0 Å². The molecular formula is C28H40N4O7S. The predicted molar refractivity (Wildman–Crippen MR) is 153 cm³/mol. The van der Waals surface area contributed by atoms with Crippen LogP contribution in [0.15, 0.2) is 34.0 Å². The number of carbonyl (C=O) groups is 1. The van der Waals surface area contributed by atoms with E-state index in [1.54, 1.807) is 31.0 Å². The molecule has 0 saturated heterocycles.